The molecule has 0 aromatic heterocycles. The van der Waals surface area contributed by atoms with Crippen molar-refractivity contribution in [1.82, 2.24) is 0 Å². The van der Waals surface area contributed by atoms with Crippen molar-refractivity contribution in [1.29, 1.82) is 0 Å². The zero-order valence-corrected chi connectivity index (χ0v) is 20.0. The molecule has 0 aliphatic carbocycles. The third-order valence-corrected chi connectivity index (χ3v) is 12.3. The normalized spacial score (nSPS) is 14.0. The highest BCUT2D eigenvalue weighted by Gasteiger charge is 2.41. The van der Waals surface area contributed by atoms with Gasteiger partial charge in [0.1, 0.15) is 0 Å². The second-order valence-electron chi connectivity index (χ2n) is 9.46. The van der Waals surface area contributed by atoms with Gasteiger partial charge in [0.2, 0.25) is 0 Å². The van der Waals surface area contributed by atoms with Crippen molar-refractivity contribution in [3.05, 3.63) is 0 Å². The number of rotatable bonds is 17. The lowest BCUT2D eigenvalue weighted by Gasteiger charge is -2.35. The number of unbranched alkanes of at least 4 members (excludes halogenated alkanes) is 5. The molecule has 0 radical (unpaired) electrons. The molecule has 0 aromatic rings. The fraction of sp³-hybridized carbons (Fsp3) is 1.00. The van der Waals surface area contributed by atoms with Crippen molar-refractivity contribution >= 4 is 7.26 Å². The third-order valence-electron chi connectivity index (χ3n) is 6.50. The van der Waals surface area contributed by atoms with E-state index in [1.165, 1.54) is 77.0 Å². The van der Waals surface area contributed by atoms with Crippen LogP contribution in [0.3, 0.4) is 0 Å². The fourth-order valence-corrected chi connectivity index (χ4v) is 9.78. The summed E-state index contributed by atoms with van der Waals surface area (Å²) in [5.74, 6) is 0. The standard InChI is InChI=1S/C24H52P/c1-8-12-16-18-24(6,7)19-17-23(5)25(20-13-9-2,21-14-10-3)22-15-11-4/h23H,8-22H2,1-7H3/q+1. The van der Waals surface area contributed by atoms with E-state index in [9.17, 15) is 0 Å². The van der Waals surface area contributed by atoms with Crippen molar-refractivity contribution in [2.75, 3.05) is 18.5 Å². The Hall–Kier alpha value is 0.430. The van der Waals surface area contributed by atoms with Gasteiger partial charge in [-0.05, 0) is 50.9 Å². The van der Waals surface area contributed by atoms with Crippen LogP contribution in [0.4, 0.5) is 0 Å². The van der Waals surface area contributed by atoms with Crippen molar-refractivity contribution in [3.63, 3.8) is 0 Å². The minimum Gasteiger partial charge on any atom is -0.0654 e. The Labute approximate surface area is 162 Å². The van der Waals surface area contributed by atoms with E-state index in [4.69, 9.17) is 0 Å². The van der Waals surface area contributed by atoms with Gasteiger partial charge in [-0.1, -0.05) is 80.1 Å². The Morgan fingerprint density at radius 2 is 1.08 bits per heavy atom. The van der Waals surface area contributed by atoms with Gasteiger partial charge in [0, 0.05) is 7.26 Å². The highest BCUT2D eigenvalue weighted by molar-refractivity contribution is 7.76. The minimum atomic E-state index is -0.754. The Bertz CT molecular complexity index is 273. The quantitative estimate of drug-likeness (QED) is 0.176. The van der Waals surface area contributed by atoms with E-state index < -0.39 is 7.26 Å². The summed E-state index contributed by atoms with van der Waals surface area (Å²) >= 11 is 0. The van der Waals surface area contributed by atoms with E-state index in [2.05, 4.69) is 48.5 Å². The summed E-state index contributed by atoms with van der Waals surface area (Å²) in [6, 6.07) is 0. The monoisotopic (exact) mass is 371 g/mol. The summed E-state index contributed by atoms with van der Waals surface area (Å²) in [5.41, 5.74) is 1.56. The van der Waals surface area contributed by atoms with E-state index in [0.29, 0.717) is 5.41 Å². The Morgan fingerprint density at radius 3 is 1.48 bits per heavy atom. The van der Waals surface area contributed by atoms with Crippen molar-refractivity contribution in [2.45, 2.75) is 131 Å². The maximum absolute atomic E-state index is 2.65. The van der Waals surface area contributed by atoms with Crippen molar-refractivity contribution < 1.29 is 0 Å². The molecule has 0 nitrogen and oxygen atoms in total. The van der Waals surface area contributed by atoms with Gasteiger partial charge in [-0.15, -0.1) is 0 Å². The number of hydrogen-bond acceptors (Lipinski definition) is 0. The van der Waals surface area contributed by atoms with Crippen LogP contribution in [0.1, 0.15) is 126 Å². The van der Waals surface area contributed by atoms with Crippen LogP contribution in [0.2, 0.25) is 0 Å². The van der Waals surface area contributed by atoms with Gasteiger partial charge in [-0.3, -0.25) is 0 Å². The maximum atomic E-state index is 2.65. The molecular weight excluding hydrogens is 319 g/mol. The maximum Gasteiger partial charge on any atom is 0.0669 e. The van der Waals surface area contributed by atoms with Crippen molar-refractivity contribution in [2.24, 2.45) is 5.41 Å². The topological polar surface area (TPSA) is 0 Å². The average Bonchev–Trinajstić information content (AvgIpc) is 2.59. The van der Waals surface area contributed by atoms with Crippen molar-refractivity contribution in [3.8, 4) is 0 Å². The Balaban J connectivity index is 4.87. The number of hydrogen-bond donors (Lipinski definition) is 0. The van der Waals surface area contributed by atoms with Gasteiger partial charge >= 0.3 is 0 Å². The van der Waals surface area contributed by atoms with Crippen LogP contribution in [0, 0.1) is 5.41 Å². The van der Waals surface area contributed by atoms with E-state index in [-0.39, 0.29) is 0 Å². The van der Waals surface area contributed by atoms with Gasteiger partial charge in [-0.25, -0.2) is 0 Å². The van der Waals surface area contributed by atoms with Gasteiger partial charge in [0.05, 0.1) is 24.1 Å². The van der Waals surface area contributed by atoms with Crippen LogP contribution in [0.5, 0.6) is 0 Å². The zero-order chi connectivity index (χ0) is 19.2. The molecule has 1 heteroatoms. The lowest BCUT2D eigenvalue weighted by molar-refractivity contribution is 0.287. The molecule has 0 saturated carbocycles. The smallest absolute Gasteiger partial charge is 0.0654 e. The summed E-state index contributed by atoms with van der Waals surface area (Å²) in [6.45, 7) is 17.2. The summed E-state index contributed by atoms with van der Waals surface area (Å²) in [6.07, 6.45) is 21.9. The van der Waals surface area contributed by atoms with Crippen LogP contribution in [0.15, 0.2) is 0 Å². The summed E-state index contributed by atoms with van der Waals surface area (Å²) in [4.78, 5) is 0. The Kier molecular flexibility index (Phi) is 14.7. The molecule has 1 unspecified atom stereocenters. The second-order valence-corrected chi connectivity index (χ2v) is 14.1. The van der Waals surface area contributed by atoms with Gasteiger partial charge in [-0.2, -0.15) is 0 Å². The molecular formula is C24H52P+. The summed E-state index contributed by atoms with van der Waals surface area (Å²) in [5, 5.41) is 0. The SMILES string of the molecule is CCCCCC(C)(C)CCC(C)[P+](CCCC)(CCCC)CCCC. The van der Waals surface area contributed by atoms with Gasteiger partial charge in [0.15, 0.2) is 0 Å². The summed E-state index contributed by atoms with van der Waals surface area (Å²) < 4.78 is 0. The average molecular weight is 372 g/mol. The first-order valence-electron chi connectivity index (χ1n) is 11.7. The molecule has 25 heavy (non-hydrogen) atoms. The molecule has 152 valence electrons. The van der Waals surface area contributed by atoms with Crippen LogP contribution in [-0.4, -0.2) is 24.1 Å². The highest BCUT2D eigenvalue weighted by atomic mass is 31.2. The molecule has 0 amide bonds. The first kappa shape index (κ1) is 25.4. The third kappa shape index (κ3) is 11.0. The summed E-state index contributed by atoms with van der Waals surface area (Å²) in [7, 11) is -0.754. The molecule has 0 aromatic carbocycles. The molecule has 0 N–H and O–H groups in total. The minimum absolute atomic E-state index is 0.555. The zero-order valence-electron chi connectivity index (χ0n) is 19.1. The first-order chi connectivity index (χ1) is 11.9. The Morgan fingerprint density at radius 1 is 0.640 bits per heavy atom. The predicted octanol–water partition coefficient (Wildman–Crippen LogP) is 9.18. The van der Waals surface area contributed by atoms with Crippen LogP contribution in [-0.2, 0) is 0 Å². The van der Waals surface area contributed by atoms with Crippen LogP contribution in [0.25, 0.3) is 0 Å². The van der Waals surface area contributed by atoms with E-state index in [1.54, 1.807) is 18.5 Å². The second kappa shape index (κ2) is 14.5. The molecule has 1 atom stereocenters. The van der Waals surface area contributed by atoms with E-state index in [0.717, 1.165) is 5.66 Å². The van der Waals surface area contributed by atoms with Gasteiger partial charge in [0.25, 0.3) is 0 Å². The molecule has 0 aliphatic rings. The van der Waals surface area contributed by atoms with E-state index >= 15 is 0 Å². The highest BCUT2D eigenvalue weighted by Crippen LogP contribution is 2.66. The van der Waals surface area contributed by atoms with Crippen LogP contribution >= 0.6 is 7.26 Å². The van der Waals surface area contributed by atoms with E-state index in [1.807, 2.05) is 0 Å². The predicted molar refractivity (Wildman–Crippen MR) is 123 cm³/mol. The molecule has 0 aliphatic heterocycles. The van der Waals surface area contributed by atoms with Gasteiger partial charge < -0.3 is 0 Å². The molecule has 0 spiro atoms. The molecule has 0 saturated heterocycles. The molecule has 0 bridgehead atoms. The fourth-order valence-electron chi connectivity index (χ4n) is 4.27. The largest absolute Gasteiger partial charge is 0.0669 e. The molecule has 0 heterocycles. The lowest BCUT2D eigenvalue weighted by atomic mass is 9.82. The van der Waals surface area contributed by atoms with Crippen LogP contribution < -0.4 is 0 Å². The first-order valence-corrected chi connectivity index (χ1v) is 14.1. The lowest BCUT2D eigenvalue weighted by Crippen LogP contribution is -2.22. The molecule has 0 fully saturated rings. The molecule has 0 rings (SSSR count).